The minimum atomic E-state index is -0.229. The predicted octanol–water partition coefficient (Wildman–Crippen LogP) is 27.7. The summed E-state index contributed by atoms with van der Waals surface area (Å²) in [6.07, 6.45) is 3.95. The molecule has 0 fully saturated rings. The Morgan fingerprint density at radius 1 is 0.220 bits per heavy atom. The number of aryl methyl sites for hydroxylation is 1. The van der Waals surface area contributed by atoms with E-state index in [2.05, 4.69) is 422 Å². The minimum absolute atomic E-state index is 0. The van der Waals surface area contributed by atoms with Crippen LogP contribution in [-0.4, -0.2) is 53.2 Å². The highest BCUT2D eigenvalue weighted by molar-refractivity contribution is 7.57. The fraction of sp³-hybridized carbons (Fsp3) is 0.302. The lowest BCUT2D eigenvalue weighted by Gasteiger charge is -2.28. The topological polar surface area (TPSA) is 161 Å². The standard InChI is InChI=1S/C31H34NOP.C25H37FNOP.C25H30NOP.2C24H28NOP.5ClH/c1-31(2,3)32-22-26-16-10-11-17-28(26)34-29-21-25(18-23-12-6-4-7-13-23)20-27(30(29)33)19-24-14-8-5-9-15-24;1-23(2,3)17-13-19(24(4,5)6)22(28)21(14-17)29-20-11-10-18(26)12-16(20)15-27-25(7,8)9;1-18-10-8-14-21(17-26-25(2,3)4)24(18)28-22-15-9-13-20(23(22)27)16-19-11-6-5-7-12-19;1-24(2,3)25-17-20-12-7-8-14-21(20)27-22-15-9-13-19(23(22)26)16-18-10-5-4-6-11-18;1-24(2,3)25-17-20-11-7-8-12-22(20)27-23-16-19(13-14-21(23)26)15-18-9-5-4-6-10-18;;;;;/h4-17,20-21,32-34H,18-19,22H2,1-3H3;10-14,27-29H,15H2,1-9H3;5-15,26-28H,16-17H2,1-4H3;4-15,25-27H,16-17H2,1-3H3;4-14,16,25-27H,15,17H2,1-3H3;5*1H. The van der Waals surface area contributed by atoms with E-state index in [0.717, 1.165) is 118 Å². The second-order valence-corrected chi connectivity index (χ2v) is 51.5. The maximum Gasteiger partial charge on any atom is 0.127 e. The van der Waals surface area contributed by atoms with Crippen molar-refractivity contribution in [2.45, 2.75) is 256 Å². The molecule has 0 aliphatic rings. The van der Waals surface area contributed by atoms with E-state index in [1.54, 1.807) is 6.07 Å². The van der Waals surface area contributed by atoms with Crippen molar-refractivity contribution in [2.75, 3.05) is 0 Å². The predicted molar refractivity (Wildman–Crippen MR) is 668 cm³/mol. The third-order valence-electron chi connectivity index (χ3n) is 24.4. The first-order valence-corrected chi connectivity index (χ1v) is 55.7. The van der Waals surface area contributed by atoms with Gasteiger partial charge in [0.25, 0.3) is 0 Å². The minimum Gasteiger partial charge on any atom is -0.507 e. The van der Waals surface area contributed by atoms with Gasteiger partial charge < -0.3 is 52.1 Å². The first-order chi connectivity index (χ1) is 68.6. The lowest BCUT2D eigenvalue weighted by Crippen LogP contribution is -2.36. The van der Waals surface area contributed by atoms with Crippen molar-refractivity contribution in [1.29, 1.82) is 0 Å². The highest BCUT2D eigenvalue weighted by atomic mass is 35.5. The Balaban J connectivity index is 0.000000284. The van der Waals surface area contributed by atoms with Crippen molar-refractivity contribution in [3.63, 3.8) is 0 Å². The first-order valence-electron chi connectivity index (χ1n) is 50.7. The summed E-state index contributed by atoms with van der Waals surface area (Å²) in [5.41, 5.74) is 21.2. The molecule has 0 saturated heterocycles. The number of hydrogen-bond acceptors (Lipinski definition) is 10. The van der Waals surface area contributed by atoms with Gasteiger partial charge in [-0.3, -0.25) is 0 Å². The highest BCUT2D eigenvalue weighted by Crippen LogP contribution is 2.39. The summed E-state index contributed by atoms with van der Waals surface area (Å²) in [6, 6.07) is 116. The van der Waals surface area contributed by atoms with Crippen LogP contribution in [0.1, 0.15) is 246 Å². The van der Waals surface area contributed by atoms with E-state index in [0.29, 0.717) is 69.6 Å². The quantitative estimate of drug-likeness (QED) is 0.0196. The second kappa shape index (κ2) is 60.5. The van der Waals surface area contributed by atoms with Gasteiger partial charge in [0.2, 0.25) is 0 Å². The van der Waals surface area contributed by atoms with Gasteiger partial charge >= 0.3 is 0 Å². The number of para-hydroxylation sites is 2. The molecule has 800 valence electrons. The van der Waals surface area contributed by atoms with Crippen LogP contribution in [-0.2, 0) is 75.7 Å². The molecule has 15 aromatic rings. The molecule has 150 heavy (non-hydrogen) atoms. The molecule has 10 nitrogen and oxygen atoms in total. The summed E-state index contributed by atoms with van der Waals surface area (Å²) in [5, 5.41) is 83.6. The number of rotatable bonds is 30. The average Bonchev–Trinajstić information content (AvgIpc) is 0.774. The molecule has 5 atom stereocenters. The molecule has 15 rings (SSSR count). The van der Waals surface area contributed by atoms with Gasteiger partial charge in [-0.1, -0.05) is 388 Å². The summed E-state index contributed by atoms with van der Waals surface area (Å²) in [4.78, 5) is 0. The van der Waals surface area contributed by atoms with Crippen LogP contribution >= 0.6 is 105 Å². The third-order valence-corrected chi connectivity index (χ3v) is 31.7. The van der Waals surface area contributed by atoms with Gasteiger partial charge in [0.15, 0.2) is 0 Å². The van der Waals surface area contributed by atoms with Gasteiger partial charge in [-0.2, -0.15) is 0 Å². The number of nitrogens with one attached hydrogen (secondary N) is 5. The van der Waals surface area contributed by atoms with E-state index in [9.17, 15) is 29.9 Å². The maximum atomic E-state index is 14.0. The molecule has 5 unspecified atom stereocenters. The molecule has 0 spiro atoms. The van der Waals surface area contributed by atoms with Gasteiger partial charge in [-0.15, -0.1) is 62.0 Å². The Kier molecular flexibility index (Phi) is 52.1. The number of hydrogen-bond donors (Lipinski definition) is 10. The van der Waals surface area contributed by atoms with Crippen molar-refractivity contribution in [3.05, 3.63) is 446 Å². The smallest absolute Gasteiger partial charge is 0.127 e. The molecule has 0 aromatic heterocycles. The largest absolute Gasteiger partial charge is 0.507 e. The molecule has 0 amide bonds. The molecule has 10 N–H and O–H groups in total. The molecule has 0 bridgehead atoms. The molecule has 0 aliphatic carbocycles. The van der Waals surface area contributed by atoms with Gasteiger partial charge in [-0.05, 0) is 292 Å². The summed E-state index contributed by atoms with van der Waals surface area (Å²) < 4.78 is 14.0. The zero-order valence-electron chi connectivity index (χ0n) is 91.6. The maximum absolute atomic E-state index is 14.0. The summed E-state index contributed by atoms with van der Waals surface area (Å²) >= 11 is 0. The van der Waals surface area contributed by atoms with Crippen molar-refractivity contribution < 1.29 is 29.9 Å². The fourth-order valence-electron chi connectivity index (χ4n) is 16.2. The number of aromatic hydroxyl groups is 5. The lowest BCUT2D eigenvalue weighted by atomic mass is 9.80. The molecular weight excluding hydrogens is 2050 g/mol. The van der Waals surface area contributed by atoms with Crippen LogP contribution in [0.25, 0.3) is 0 Å². The van der Waals surface area contributed by atoms with Crippen LogP contribution in [0.3, 0.4) is 0 Å². The number of benzene rings is 15. The summed E-state index contributed by atoms with van der Waals surface area (Å²) in [5.74, 6) is 1.80. The Bertz CT molecular complexity index is 6610. The lowest BCUT2D eigenvalue weighted by molar-refractivity contribution is 0.424. The van der Waals surface area contributed by atoms with Gasteiger partial charge in [-0.25, -0.2) is 4.39 Å². The van der Waals surface area contributed by atoms with Gasteiger partial charge in [0.1, 0.15) is 34.6 Å². The molecule has 0 radical (unpaired) electrons. The van der Waals surface area contributed by atoms with Crippen molar-refractivity contribution in [2.24, 2.45) is 0 Å². The first kappa shape index (κ1) is 129. The summed E-state index contributed by atoms with van der Waals surface area (Å²) in [6.45, 7) is 51.5. The van der Waals surface area contributed by atoms with Crippen LogP contribution in [0.15, 0.2) is 340 Å². The van der Waals surface area contributed by atoms with E-state index in [-0.39, 0.29) is 115 Å². The van der Waals surface area contributed by atoms with Gasteiger partial charge in [0, 0.05) is 112 Å². The molecule has 0 heterocycles. The normalized spacial score (nSPS) is 11.8. The van der Waals surface area contributed by atoms with Crippen LogP contribution in [0.5, 0.6) is 28.7 Å². The highest BCUT2D eigenvalue weighted by Gasteiger charge is 2.28. The average molecular weight is 2210 g/mol. The number of phenolic OH excluding ortho intramolecular Hbond substituents is 5. The zero-order chi connectivity index (χ0) is 105. The fourth-order valence-corrected chi connectivity index (χ4v) is 22.7. The van der Waals surface area contributed by atoms with Crippen molar-refractivity contribution in [3.8, 4) is 28.7 Å². The SMILES string of the molecule is CC(C)(C)NCc1cc(F)ccc1Pc1cc(C(C)(C)C)cc(C(C)(C)C)c1O.CC(C)(C)NCc1ccccc1Pc1cc(Cc2ccccc2)cc(Cc2ccccc2)c1O.CC(C)(C)NCc1ccccc1Pc1cc(Cc2ccccc2)ccc1O.CC(C)(C)NCc1ccccc1Pc1cccc(Cc2ccccc2)c1O.Cc1cccc(CNC(C)(C)C)c1Pc1cccc(Cc2ccccc2)c1O.Cl.Cl.Cl.Cl.Cl. The van der Waals surface area contributed by atoms with E-state index in [4.69, 9.17) is 0 Å². The Hall–Kier alpha value is -9.37. The number of halogens is 6. The monoisotopic (exact) mass is 2210 g/mol. The number of phenols is 5. The van der Waals surface area contributed by atoms with Crippen molar-refractivity contribution in [1.82, 2.24) is 26.6 Å². The molecule has 0 aliphatic heterocycles. The molecule has 15 aromatic carbocycles. The third kappa shape index (κ3) is 43.5. The second-order valence-electron chi connectivity index (χ2n) is 44.9. The van der Waals surface area contributed by atoms with E-state index in [1.807, 2.05) is 84.9 Å². The van der Waals surface area contributed by atoms with E-state index in [1.165, 1.54) is 99.6 Å². The molecule has 0 saturated carbocycles. The van der Waals surface area contributed by atoms with Gasteiger partial charge in [0.05, 0.1) is 0 Å². The molecular formula is C129H162Cl5FN5O5P5. The Morgan fingerprint density at radius 2 is 0.520 bits per heavy atom. The van der Waals surface area contributed by atoms with Crippen molar-refractivity contribution >= 4 is 158 Å². The zero-order valence-corrected chi connectivity index (χ0v) is 101. The van der Waals surface area contributed by atoms with Crippen LogP contribution in [0, 0.1) is 12.7 Å². The Morgan fingerprint density at radius 3 is 0.920 bits per heavy atom. The van der Waals surface area contributed by atoms with Crippen LogP contribution in [0.2, 0.25) is 0 Å². The van der Waals surface area contributed by atoms with E-state index < -0.39 is 0 Å². The van der Waals surface area contributed by atoms with E-state index >= 15 is 0 Å². The summed E-state index contributed by atoms with van der Waals surface area (Å²) in [7, 11) is 1.95. The molecule has 21 heteroatoms. The Labute approximate surface area is 937 Å². The van der Waals surface area contributed by atoms with Crippen LogP contribution in [0.4, 0.5) is 4.39 Å². The van der Waals surface area contributed by atoms with Crippen LogP contribution < -0.4 is 79.6 Å².